The van der Waals surface area contributed by atoms with Crippen molar-refractivity contribution in [2.45, 2.75) is 26.8 Å². The van der Waals surface area contributed by atoms with Gasteiger partial charge in [-0.1, -0.05) is 25.1 Å². The number of methoxy groups -OCH3 is 2. The Kier molecular flexibility index (Phi) is 6.83. The smallest absolute Gasteiger partial charge is 0.258 e. The van der Waals surface area contributed by atoms with Gasteiger partial charge in [-0.15, -0.1) is 0 Å². The van der Waals surface area contributed by atoms with Gasteiger partial charge >= 0.3 is 0 Å². The lowest BCUT2D eigenvalue weighted by Crippen LogP contribution is -2.47. The third-order valence-electron chi connectivity index (χ3n) is 5.64. The molecule has 7 nitrogen and oxygen atoms in total. The molecule has 1 aliphatic rings. The van der Waals surface area contributed by atoms with Gasteiger partial charge in [-0.25, -0.2) is 4.39 Å². The third-order valence-corrected chi connectivity index (χ3v) is 5.98. The fraction of sp³-hybridized carbons (Fsp3) is 0.320. The van der Waals surface area contributed by atoms with Gasteiger partial charge in [0.1, 0.15) is 5.82 Å². The molecule has 0 bridgehead atoms. The number of hydrogen-bond donors (Lipinski definition) is 1. The van der Waals surface area contributed by atoms with Crippen molar-refractivity contribution in [3.8, 4) is 22.9 Å². The Morgan fingerprint density at radius 2 is 1.82 bits per heavy atom. The van der Waals surface area contributed by atoms with Gasteiger partial charge in [0.2, 0.25) is 5.82 Å². The van der Waals surface area contributed by atoms with E-state index in [4.69, 9.17) is 26.2 Å². The zero-order valence-corrected chi connectivity index (χ0v) is 20.6. The molecule has 0 saturated carbocycles. The highest BCUT2D eigenvalue weighted by Gasteiger charge is 2.34. The van der Waals surface area contributed by atoms with Gasteiger partial charge in [0.15, 0.2) is 16.6 Å². The fourth-order valence-electron chi connectivity index (χ4n) is 3.97. The van der Waals surface area contributed by atoms with E-state index in [1.54, 1.807) is 26.4 Å². The molecule has 2 aromatic carbocycles. The van der Waals surface area contributed by atoms with E-state index >= 15 is 0 Å². The van der Waals surface area contributed by atoms with E-state index in [2.05, 4.69) is 29.3 Å². The van der Waals surface area contributed by atoms with Crippen LogP contribution in [0.5, 0.6) is 11.5 Å². The van der Waals surface area contributed by atoms with Crippen LogP contribution >= 0.6 is 12.2 Å². The zero-order chi connectivity index (χ0) is 24.4. The maximum absolute atomic E-state index is 13.4. The molecule has 0 saturated heterocycles. The van der Waals surface area contributed by atoms with Crippen molar-refractivity contribution < 1.29 is 18.4 Å². The average molecular weight is 483 g/mol. The predicted molar refractivity (Wildman–Crippen MR) is 132 cm³/mol. The number of benzene rings is 2. The molecule has 0 fully saturated rings. The fourth-order valence-corrected chi connectivity index (χ4v) is 4.30. The first-order valence-electron chi connectivity index (χ1n) is 10.9. The third kappa shape index (κ3) is 4.61. The summed E-state index contributed by atoms with van der Waals surface area (Å²) < 4.78 is 30.0. The molecule has 0 radical (unpaired) electrons. The van der Waals surface area contributed by atoms with Crippen LogP contribution in [-0.4, -0.2) is 40.9 Å². The second-order valence-electron chi connectivity index (χ2n) is 8.43. The average Bonchev–Trinajstić information content (AvgIpc) is 3.31. The molecule has 1 unspecified atom stereocenters. The van der Waals surface area contributed by atoms with Crippen LogP contribution in [0.15, 0.2) is 52.7 Å². The summed E-state index contributed by atoms with van der Waals surface area (Å²) in [7, 11) is 3.19. The molecular weight excluding hydrogens is 455 g/mol. The van der Waals surface area contributed by atoms with E-state index < -0.39 is 0 Å². The Balaban J connectivity index is 1.82. The van der Waals surface area contributed by atoms with Crippen molar-refractivity contribution in [3.63, 3.8) is 0 Å². The Labute approximate surface area is 203 Å². The van der Waals surface area contributed by atoms with E-state index in [0.29, 0.717) is 39.8 Å². The number of hydrogen-bond acceptors (Lipinski definition) is 6. The second-order valence-corrected chi connectivity index (χ2v) is 8.82. The van der Waals surface area contributed by atoms with E-state index in [0.717, 1.165) is 23.4 Å². The monoisotopic (exact) mass is 482 g/mol. The molecule has 0 amide bonds. The summed E-state index contributed by atoms with van der Waals surface area (Å²) in [5.41, 5.74) is 3.30. The molecule has 9 heteroatoms. The number of halogens is 1. The first kappa shape index (κ1) is 23.7. The number of nitrogens with one attached hydrogen (secondary N) is 1. The summed E-state index contributed by atoms with van der Waals surface area (Å²) in [6.07, 6.45) is 0. The molecule has 1 N–H and O–H groups in total. The lowest BCUT2D eigenvalue weighted by molar-refractivity contribution is 0.354. The minimum atomic E-state index is -0.350. The van der Waals surface area contributed by atoms with Gasteiger partial charge in [0.25, 0.3) is 5.89 Å². The maximum Gasteiger partial charge on any atom is 0.258 e. The Bertz CT molecular complexity index is 1220. The van der Waals surface area contributed by atoms with Crippen LogP contribution in [0.3, 0.4) is 0 Å². The molecule has 1 aromatic heterocycles. The highest BCUT2D eigenvalue weighted by Crippen LogP contribution is 2.40. The normalized spacial score (nSPS) is 16.1. The van der Waals surface area contributed by atoms with Crippen LogP contribution in [0.1, 0.15) is 38.3 Å². The van der Waals surface area contributed by atoms with Crippen LogP contribution in [-0.2, 0) is 0 Å². The molecule has 178 valence electrons. The Morgan fingerprint density at radius 3 is 2.47 bits per heavy atom. The topological polar surface area (TPSA) is 72.7 Å². The number of nitrogens with zero attached hydrogens (tertiary/aromatic N) is 3. The summed E-state index contributed by atoms with van der Waals surface area (Å²) in [5, 5.41) is 8.21. The SMILES string of the molecule is COc1ccc(C2NC(=S)N(CC(C)C)C(C)=C2c2nc(-c3ccc(F)cc3)no2)cc1OC. The molecule has 4 rings (SSSR count). The largest absolute Gasteiger partial charge is 0.493 e. The van der Waals surface area contributed by atoms with Crippen LogP contribution in [0, 0.1) is 11.7 Å². The molecule has 1 aliphatic heterocycles. The standard InChI is InChI=1S/C25H27FN4O3S/c1-14(2)13-30-15(3)21(24-28-23(29-33-24)16-6-9-18(26)10-7-16)22(27-25(30)34)17-8-11-19(31-4)20(12-17)32-5/h6-12,14,22H,13H2,1-5H3,(H,27,34). The highest BCUT2D eigenvalue weighted by atomic mass is 32.1. The van der Waals surface area contributed by atoms with E-state index in [1.807, 2.05) is 30.0 Å². The van der Waals surface area contributed by atoms with Gasteiger partial charge in [-0.3, -0.25) is 0 Å². The van der Waals surface area contributed by atoms with Gasteiger partial charge < -0.3 is 24.2 Å². The first-order chi connectivity index (χ1) is 16.3. The summed E-state index contributed by atoms with van der Waals surface area (Å²) in [5.74, 6) is 2.03. The number of rotatable bonds is 7. The number of ether oxygens (including phenoxy) is 2. The maximum atomic E-state index is 13.4. The number of thiocarbonyl (C=S) groups is 1. The molecule has 2 heterocycles. The molecule has 3 aromatic rings. The minimum absolute atomic E-state index is 0.325. The molecule has 34 heavy (non-hydrogen) atoms. The zero-order valence-electron chi connectivity index (χ0n) is 19.8. The van der Waals surface area contributed by atoms with Crippen molar-refractivity contribution in [3.05, 3.63) is 65.4 Å². The van der Waals surface area contributed by atoms with Crippen LogP contribution in [0.4, 0.5) is 4.39 Å². The first-order valence-corrected chi connectivity index (χ1v) is 11.3. The lowest BCUT2D eigenvalue weighted by Gasteiger charge is -2.38. The Hall–Kier alpha value is -3.46. The second kappa shape index (κ2) is 9.80. The minimum Gasteiger partial charge on any atom is -0.493 e. The molecule has 1 atom stereocenters. The van der Waals surface area contributed by atoms with Gasteiger partial charge in [-0.2, -0.15) is 4.98 Å². The van der Waals surface area contributed by atoms with Crippen molar-refractivity contribution in [2.75, 3.05) is 20.8 Å². The molecular formula is C25H27FN4O3S. The predicted octanol–water partition coefficient (Wildman–Crippen LogP) is 5.21. The molecule has 0 spiro atoms. The lowest BCUT2D eigenvalue weighted by atomic mass is 9.94. The van der Waals surface area contributed by atoms with Crippen molar-refractivity contribution in [1.29, 1.82) is 0 Å². The van der Waals surface area contributed by atoms with Crippen molar-refractivity contribution in [1.82, 2.24) is 20.4 Å². The summed E-state index contributed by atoms with van der Waals surface area (Å²) >= 11 is 5.73. The van der Waals surface area contributed by atoms with Crippen LogP contribution in [0.2, 0.25) is 0 Å². The van der Waals surface area contributed by atoms with Crippen molar-refractivity contribution >= 4 is 22.9 Å². The van der Waals surface area contributed by atoms with Gasteiger partial charge in [0, 0.05) is 17.8 Å². The van der Waals surface area contributed by atoms with E-state index in [1.165, 1.54) is 12.1 Å². The summed E-state index contributed by atoms with van der Waals surface area (Å²) in [6, 6.07) is 11.3. The van der Waals surface area contributed by atoms with E-state index in [9.17, 15) is 4.39 Å². The Morgan fingerprint density at radius 1 is 1.12 bits per heavy atom. The summed E-state index contributed by atoms with van der Waals surface area (Å²) in [6.45, 7) is 7.00. The summed E-state index contributed by atoms with van der Waals surface area (Å²) in [4.78, 5) is 6.70. The number of aromatic nitrogens is 2. The molecule has 0 aliphatic carbocycles. The number of allylic oxidation sites excluding steroid dienone is 1. The van der Waals surface area contributed by atoms with Crippen LogP contribution < -0.4 is 14.8 Å². The van der Waals surface area contributed by atoms with Gasteiger partial charge in [-0.05, 0) is 67.0 Å². The van der Waals surface area contributed by atoms with Gasteiger partial charge in [0.05, 0.1) is 25.8 Å². The highest BCUT2D eigenvalue weighted by molar-refractivity contribution is 7.80. The van der Waals surface area contributed by atoms with E-state index in [-0.39, 0.29) is 11.9 Å². The van der Waals surface area contributed by atoms with Crippen molar-refractivity contribution in [2.24, 2.45) is 5.92 Å². The van der Waals surface area contributed by atoms with Crippen LogP contribution in [0.25, 0.3) is 17.0 Å². The quantitative estimate of drug-likeness (QED) is 0.460.